The van der Waals surface area contributed by atoms with Crippen molar-refractivity contribution in [2.45, 2.75) is 70.4 Å². The Morgan fingerprint density at radius 2 is 1.45 bits per heavy atom. The molecule has 0 saturated heterocycles. The van der Waals surface area contributed by atoms with E-state index < -0.39 is 36.0 Å². The number of alkyl carbamates (subject to hydrolysis) is 2. The second-order valence-corrected chi connectivity index (χ2v) is 10.2. The number of benzene rings is 2. The Morgan fingerprint density at radius 3 is 2.03 bits per heavy atom. The highest BCUT2D eigenvalue weighted by Crippen LogP contribution is 2.15. The molecule has 3 N–H and O–H groups in total. The lowest BCUT2D eigenvalue weighted by Gasteiger charge is -2.29. The van der Waals surface area contributed by atoms with Gasteiger partial charge in [0.05, 0.1) is 12.1 Å². The lowest BCUT2D eigenvalue weighted by molar-refractivity contribution is 0.0463. The van der Waals surface area contributed by atoms with Crippen LogP contribution in [0.3, 0.4) is 0 Å². The topological polar surface area (TPSA) is 110 Å². The Kier molecular flexibility index (Phi) is 10.7. The summed E-state index contributed by atoms with van der Waals surface area (Å²) in [6, 6.07) is 21.8. The van der Waals surface area contributed by atoms with Gasteiger partial charge in [-0.1, -0.05) is 66.7 Å². The maximum absolute atomic E-state index is 12.7. The van der Waals surface area contributed by atoms with Crippen LogP contribution in [0.2, 0.25) is 0 Å². The van der Waals surface area contributed by atoms with Gasteiger partial charge in [0.25, 0.3) is 0 Å². The predicted molar refractivity (Wildman–Crippen MR) is 145 cm³/mol. The van der Waals surface area contributed by atoms with Crippen molar-refractivity contribution >= 4 is 12.2 Å². The minimum atomic E-state index is -0.982. The first kappa shape index (κ1) is 28.7. The van der Waals surface area contributed by atoms with Gasteiger partial charge in [0, 0.05) is 24.0 Å². The number of nitrogens with one attached hydrogen (secondary N) is 2. The van der Waals surface area contributed by atoms with Gasteiger partial charge in [-0.25, -0.2) is 9.59 Å². The second kappa shape index (κ2) is 14.1. The van der Waals surface area contributed by atoms with E-state index in [0.717, 1.165) is 16.7 Å². The summed E-state index contributed by atoms with van der Waals surface area (Å²) in [5.41, 5.74) is 2.05. The monoisotopic (exact) mass is 519 g/mol. The summed E-state index contributed by atoms with van der Waals surface area (Å²) in [7, 11) is 0. The zero-order valence-corrected chi connectivity index (χ0v) is 22.2. The van der Waals surface area contributed by atoms with Crippen molar-refractivity contribution in [3.8, 4) is 0 Å². The van der Waals surface area contributed by atoms with Crippen LogP contribution in [0.15, 0.2) is 85.2 Å². The summed E-state index contributed by atoms with van der Waals surface area (Å²) in [5, 5.41) is 17.0. The molecule has 1 heterocycles. The highest BCUT2D eigenvalue weighted by atomic mass is 16.6. The van der Waals surface area contributed by atoms with E-state index in [-0.39, 0.29) is 13.0 Å². The molecule has 8 heteroatoms. The molecular formula is C30H37N3O5. The molecule has 0 radical (unpaired) electrons. The number of amides is 2. The van der Waals surface area contributed by atoms with E-state index in [2.05, 4.69) is 15.6 Å². The number of hydrogen-bond acceptors (Lipinski definition) is 6. The number of aromatic nitrogens is 1. The fourth-order valence-corrected chi connectivity index (χ4v) is 4.00. The fraction of sp³-hybridized carbons (Fsp3) is 0.367. The largest absolute Gasteiger partial charge is 0.445 e. The third-order valence-corrected chi connectivity index (χ3v) is 5.73. The number of carbonyl (C=O) groups is 2. The smallest absolute Gasteiger partial charge is 0.407 e. The summed E-state index contributed by atoms with van der Waals surface area (Å²) < 4.78 is 10.8. The van der Waals surface area contributed by atoms with Crippen LogP contribution >= 0.6 is 0 Å². The number of aliphatic hydroxyl groups excluding tert-OH is 1. The second-order valence-electron chi connectivity index (χ2n) is 10.2. The maximum Gasteiger partial charge on any atom is 0.407 e. The minimum Gasteiger partial charge on any atom is -0.445 e. The van der Waals surface area contributed by atoms with Gasteiger partial charge in [-0.3, -0.25) is 4.98 Å². The highest BCUT2D eigenvalue weighted by molar-refractivity contribution is 5.68. The molecule has 0 aliphatic rings. The molecule has 3 aromatic rings. The fourth-order valence-electron chi connectivity index (χ4n) is 4.00. The number of pyridine rings is 1. The molecule has 0 aliphatic carbocycles. The number of hydrogen-bond donors (Lipinski definition) is 3. The van der Waals surface area contributed by atoms with Crippen molar-refractivity contribution < 1.29 is 24.2 Å². The third kappa shape index (κ3) is 10.6. The Bertz CT molecular complexity index is 1120. The van der Waals surface area contributed by atoms with Crippen LogP contribution in [0.25, 0.3) is 0 Å². The maximum atomic E-state index is 12.7. The summed E-state index contributed by atoms with van der Waals surface area (Å²) in [6.07, 6.45) is 2.14. The SMILES string of the molecule is CC(C)(C)OC(=O)NC(Cc1ccccc1)CC(O)C(Cc1ccccc1)NC(=O)OCc1cccnc1. The van der Waals surface area contributed by atoms with Crippen LogP contribution < -0.4 is 10.6 Å². The first-order valence-electron chi connectivity index (χ1n) is 12.8. The van der Waals surface area contributed by atoms with Gasteiger partial charge in [0.1, 0.15) is 12.2 Å². The Balaban J connectivity index is 1.72. The summed E-state index contributed by atoms with van der Waals surface area (Å²) >= 11 is 0. The van der Waals surface area contributed by atoms with Gasteiger partial charge >= 0.3 is 12.2 Å². The summed E-state index contributed by atoms with van der Waals surface area (Å²) in [4.78, 5) is 29.3. The van der Waals surface area contributed by atoms with Crippen LogP contribution in [0.4, 0.5) is 9.59 Å². The zero-order valence-electron chi connectivity index (χ0n) is 22.2. The number of aliphatic hydroxyl groups is 1. The van der Waals surface area contributed by atoms with Crippen LogP contribution in [0, 0.1) is 0 Å². The van der Waals surface area contributed by atoms with E-state index in [1.807, 2.05) is 66.7 Å². The predicted octanol–water partition coefficient (Wildman–Crippen LogP) is 4.81. The van der Waals surface area contributed by atoms with Gasteiger partial charge in [-0.15, -0.1) is 0 Å². The van der Waals surface area contributed by atoms with E-state index in [1.165, 1.54) is 0 Å². The van der Waals surface area contributed by atoms with Crippen molar-refractivity contribution in [3.63, 3.8) is 0 Å². The molecule has 1 aromatic heterocycles. The molecule has 38 heavy (non-hydrogen) atoms. The first-order valence-corrected chi connectivity index (χ1v) is 12.8. The van der Waals surface area contributed by atoms with Crippen molar-refractivity contribution in [2.24, 2.45) is 0 Å². The normalized spacial score (nSPS) is 13.6. The zero-order chi connectivity index (χ0) is 27.4. The van der Waals surface area contributed by atoms with Gasteiger partial charge in [0.2, 0.25) is 0 Å². The van der Waals surface area contributed by atoms with Crippen molar-refractivity contribution in [2.75, 3.05) is 0 Å². The van der Waals surface area contributed by atoms with Crippen molar-refractivity contribution in [1.82, 2.24) is 15.6 Å². The van der Waals surface area contributed by atoms with Crippen molar-refractivity contribution in [1.29, 1.82) is 0 Å². The Labute approximate surface area is 224 Å². The summed E-state index contributed by atoms with van der Waals surface area (Å²) in [5.74, 6) is 0. The van der Waals surface area contributed by atoms with Crippen LogP contribution in [0.5, 0.6) is 0 Å². The highest BCUT2D eigenvalue weighted by Gasteiger charge is 2.28. The Morgan fingerprint density at radius 1 is 0.842 bits per heavy atom. The quantitative estimate of drug-likeness (QED) is 0.336. The van der Waals surface area contributed by atoms with Crippen LogP contribution in [-0.4, -0.2) is 46.1 Å². The van der Waals surface area contributed by atoms with E-state index in [4.69, 9.17) is 9.47 Å². The van der Waals surface area contributed by atoms with E-state index in [0.29, 0.717) is 12.8 Å². The molecular weight excluding hydrogens is 482 g/mol. The van der Waals surface area contributed by atoms with E-state index in [1.54, 1.807) is 39.2 Å². The lowest BCUT2D eigenvalue weighted by atomic mass is 9.94. The molecule has 2 amide bonds. The lowest BCUT2D eigenvalue weighted by Crippen LogP contribution is -2.49. The number of rotatable bonds is 11. The molecule has 3 atom stereocenters. The van der Waals surface area contributed by atoms with Gasteiger partial charge < -0.3 is 25.2 Å². The average molecular weight is 520 g/mol. The average Bonchev–Trinajstić information content (AvgIpc) is 2.87. The van der Waals surface area contributed by atoms with E-state index in [9.17, 15) is 14.7 Å². The number of carbonyl (C=O) groups excluding carboxylic acids is 2. The number of ether oxygens (including phenoxy) is 2. The molecule has 0 saturated carbocycles. The third-order valence-electron chi connectivity index (χ3n) is 5.73. The van der Waals surface area contributed by atoms with Gasteiger partial charge in [-0.05, 0) is 57.2 Å². The molecule has 8 nitrogen and oxygen atoms in total. The molecule has 202 valence electrons. The van der Waals surface area contributed by atoms with Gasteiger partial charge in [-0.2, -0.15) is 0 Å². The molecule has 3 unspecified atom stereocenters. The molecule has 0 spiro atoms. The van der Waals surface area contributed by atoms with Crippen LogP contribution in [0.1, 0.15) is 43.9 Å². The van der Waals surface area contributed by atoms with E-state index >= 15 is 0 Å². The molecule has 3 rings (SSSR count). The minimum absolute atomic E-state index is 0.0602. The Hall–Kier alpha value is -3.91. The number of nitrogens with zero attached hydrogens (tertiary/aromatic N) is 1. The van der Waals surface area contributed by atoms with Crippen molar-refractivity contribution in [3.05, 3.63) is 102 Å². The standard InChI is InChI=1S/C30H37N3O5/c1-30(2,3)38-29(36)32-25(17-22-11-6-4-7-12-22)19-27(34)26(18-23-13-8-5-9-14-23)33-28(35)37-21-24-15-10-16-31-20-24/h4-16,20,25-27,34H,17-19,21H2,1-3H3,(H,32,36)(H,33,35). The first-order chi connectivity index (χ1) is 18.2. The molecule has 2 aromatic carbocycles. The van der Waals surface area contributed by atoms with Crippen LogP contribution in [-0.2, 0) is 28.9 Å². The molecule has 0 aliphatic heterocycles. The molecule has 0 fully saturated rings. The van der Waals surface area contributed by atoms with Gasteiger partial charge in [0.15, 0.2) is 0 Å². The molecule has 0 bridgehead atoms. The summed E-state index contributed by atoms with van der Waals surface area (Å²) in [6.45, 7) is 5.45.